The van der Waals surface area contributed by atoms with Crippen molar-refractivity contribution in [2.45, 2.75) is 79.1 Å². The lowest BCUT2D eigenvalue weighted by molar-refractivity contribution is -0.159. The minimum Gasteiger partial charge on any atom is -0.433 e. The molecular formula is C25H29F4NO6S2. The molecule has 0 bridgehead atoms. The van der Waals surface area contributed by atoms with E-state index in [0.29, 0.717) is 13.8 Å². The van der Waals surface area contributed by atoms with Crippen LogP contribution in [0.1, 0.15) is 62.4 Å². The molecule has 210 valence electrons. The lowest BCUT2D eigenvalue weighted by Crippen LogP contribution is -2.46. The van der Waals surface area contributed by atoms with Crippen molar-refractivity contribution >= 4 is 25.6 Å². The number of amides is 1. The van der Waals surface area contributed by atoms with E-state index in [9.17, 15) is 39.2 Å². The largest absolute Gasteiger partial charge is 0.433 e. The summed E-state index contributed by atoms with van der Waals surface area (Å²) in [6.07, 6.45) is -1.98. The van der Waals surface area contributed by atoms with Crippen molar-refractivity contribution < 1.29 is 43.9 Å². The number of rotatable bonds is 8. The Bertz CT molecular complexity index is 1420. The van der Waals surface area contributed by atoms with Crippen molar-refractivity contribution in [3.05, 3.63) is 53.6 Å². The number of benzene rings is 2. The van der Waals surface area contributed by atoms with Crippen molar-refractivity contribution in [1.29, 1.82) is 0 Å². The summed E-state index contributed by atoms with van der Waals surface area (Å²) in [4.78, 5) is 12.2. The maximum absolute atomic E-state index is 13.7. The van der Waals surface area contributed by atoms with Gasteiger partial charge in [-0.3, -0.25) is 4.79 Å². The third-order valence-electron chi connectivity index (χ3n) is 6.57. The second kappa shape index (κ2) is 10.1. The highest BCUT2D eigenvalue weighted by Gasteiger charge is 2.44. The Hall–Kier alpha value is -2.67. The topological polar surface area (TPSA) is 107 Å². The molecule has 1 amide bonds. The molecule has 7 nitrogen and oxygen atoms in total. The molecule has 1 aliphatic rings. The maximum Gasteiger partial charge on any atom is 0.394 e. The highest BCUT2D eigenvalue weighted by Crippen LogP contribution is 2.40. The first kappa shape index (κ1) is 29.9. The molecule has 38 heavy (non-hydrogen) atoms. The summed E-state index contributed by atoms with van der Waals surface area (Å²) in [6.45, 7) is 2.69. The number of hydrogen-bond donors (Lipinski definition) is 1. The molecule has 0 saturated heterocycles. The van der Waals surface area contributed by atoms with Gasteiger partial charge >= 0.3 is 6.11 Å². The molecule has 0 unspecified atom stereocenters. The van der Waals surface area contributed by atoms with Crippen LogP contribution in [-0.4, -0.2) is 45.9 Å². The summed E-state index contributed by atoms with van der Waals surface area (Å²) in [5.41, 5.74) is -0.837. The number of carbonyl (C=O) groups excluding carboxylic acids is 1. The van der Waals surface area contributed by atoms with Crippen LogP contribution in [0.5, 0.6) is 5.75 Å². The van der Waals surface area contributed by atoms with Gasteiger partial charge in [0, 0.05) is 31.7 Å². The zero-order valence-electron chi connectivity index (χ0n) is 21.2. The van der Waals surface area contributed by atoms with E-state index in [2.05, 4.69) is 10.1 Å². The molecule has 1 fully saturated rings. The Kier molecular flexibility index (Phi) is 7.97. The van der Waals surface area contributed by atoms with E-state index in [1.807, 2.05) is 0 Å². The minimum atomic E-state index is -4.02. The van der Waals surface area contributed by atoms with Crippen LogP contribution in [0, 0.1) is 0 Å². The molecule has 2 aromatic rings. The van der Waals surface area contributed by atoms with Gasteiger partial charge in [0.25, 0.3) is 11.8 Å². The average Bonchev–Trinajstić information content (AvgIpc) is 2.78. The fraction of sp³-hybridized carbons (Fsp3) is 0.480. The van der Waals surface area contributed by atoms with Crippen molar-refractivity contribution in [3.63, 3.8) is 0 Å². The summed E-state index contributed by atoms with van der Waals surface area (Å²) in [5.74, 6) is -4.38. The minimum absolute atomic E-state index is 0.120. The fourth-order valence-corrected chi connectivity index (χ4v) is 7.16. The van der Waals surface area contributed by atoms with Gasteiger partial charge in [-0.05, 0) is 62.9 Å². The van der Waals surface area contributed by atoms with Gasteiger partial charge in [0.05, 0.1) is 20.1 Å². The quantitative estimate of drug-likeness (QED) is 0.437. The van der Waals surface area contributed by atoms with E-state index in [1.54, 1.807) is 0 Å². The lowest BCUT2D eigenvalue weighted by Gasteiger charge is -2.37. The van der Waals surface area contributed by atoms with Gasteiger partial charge in [0.15, 0.2) is 19.7 Å². The smallest absolute Gasteiger partial charge is 0.394 e. The molecule has 0 aliphatic heterocycles. The highest BCUT2D eigenvalue weighted by molar-refractivity contribution is 7.92. The van der Waals surface area contributed by atoms with Crippen molar-refractivity contribution in [2.24, 2.45) is 0 Å². The molecular weight excluding hydrogens is 550 g/mol. The fourth-order valence-electron chi connectivity index (χ4n) is 4.39. The molecule has 0 heterocycles. The van der Waals surface area contributed by atoms with Crippen molar-refractivity contribution in [2.75, 3.05) is 6.26 Å². The Labute approximate surface area is 219 Å². The van der Waals surface area contributed by atoms with Crippen molar-refractivity contribution in [1.82, 2.24) is 5.32 Å². The summed E-state index contributed by atoms with van der Waals surface area (Å²) < 4.78 is 108. The van der Waals surface area contributed by atoms with Crippen LogP contribution in [0.25, 0.3) is 0 Å². The van der Waals surface area contributed by atoms with Crippen LogP contribution in [-0.2, 0) is 25.6 Å². The van der Waals surface area contributed by atoms with Gasteiger partial charge in [-0.15, -0.1) is 0 Å². The van der Waals surface area contributed by atoms with Crippen LogP contribution in [0.2, 0.25) is 0 Å². The first-order valence-electron chi connectivity index (χ1n) is 11.7. The van der Waals surface area contributed by atoms with E-state index in [0.717, 1.165) is 30.5 Å². The highest BCUT2D eigenvalue weighted by atomic mass is 32.2. The van der Waals surface area contributed by atoms with E-state index >= 15 is 0 Å². The number of nitrogens with one attached hydrogen (secondary N) is 1. The second-order valence-electron chi connectivity index (χ2n) is 9.96. The van der Waals surface area contributed by atoms with E-state index in [4.69, 9.17) is 0 Å². The summed E-state index contributed by atoms with van der Waals surface area (Å²) in [5, 5.41) is 2.68. The standard InChI is InChI=1S/C25H29F4NO6S2/c1-23(38(34,35)19-7-5-6-18(15-19)36-25(3,28)29)12-10-17(11-13-23)30-22(31)20-9-8-16(24(2,26)27)14-21(20)37(4,32)33/h5-9,14-15,17H,10-13H2,1-4H3,(H,30,31). The van der Waals surface area contributed by atoms with Crippen molar-refractivity contribution in [3.8, 4) is 5.75 Å². The number of sulfone groups is 2. The monoisotopic (exact) mass is 579 g/mol. The predicted molar refractivity (Wildman–Crippen MR) is 132 cm³/mol. The number of ether oxygens (including phenoxy) is 1. The molecule has 1 aliphatic carbocycles. The Morgan fingerprint density at radius 1 is 1.00 bits per heavy atom. The average molecular weight is 580 g/mol. The van der Waals surface area contributed by atoms with Gasteiger partial charge in [0.1, 0.15) is 5.75 Å². The van der Waals surface area contributed by atoms with Gasteiger partial charge < -0.3 is 10.1 Å². The number of hydrogen-bond acceptors (Lipinski definition) is 6. The van der Waals surface area contributed by atoms with E-state index < -0.39 is 58.9 Å². The number of carbonyl (C=O) groups is 1. The maximum atomic E-state index is 13.7. The molecule has 0 atom stereocenters. The zero-order valence-corrected chi connectivity index (χ0v) is 22.9. The van der Waals surface area contributed by atoms with E-state index in [-0.39, 0.29) is 41.9 Å². The third kappa shape index (κ3) is 6.66. The van der Waals surface area contributed by atoms with Gasteiger partial charge in [-0.1, -0.05) is 12.1 Å². The van der Waals surface area contributed by atoms with E-state index in [1.165, 1.54) is 25.1 Å². The van der Waals surface area contributed by atoms with Crippen LogP contribution >= 0.6 is 0 Å². The molecule has 0 radical (unpaired) electrons. The van der Waals surface area contributed by atoms with Crippen LogP contribution < -0.4 is 10.1 Å². The first-order valence-corrected chi connectivity index (χ1v) is 15.1. The lowest BCUT2D eigenvalue weighted by atomic mass is 9.86. The first-order chi connectivity index (χ1) is 17.2. The summed E-state index contributed by atoms with van der Waals surface area (Å²) >= 11 is 0. The normalized spacial score (nSPS) is 21.1. The molecule has 1 N–H and O–H groups in total. The van der Waals surface area contributed by atoms with Gasteiger partial charge in [0.2, 0.25) is 0 Å². The second-order valence-corrected chi connectivity index (χ2v) is 14.4. The predicted octanol–water partition coefficient (Wildman–Crippen LogP) is 5.10. The Balaban J connectivity index is 1.76. The number of alkyl halides is 4. The third-order valence-corrected chi connectivity index (χ3v) is 10.3. The van der Waals surface area contributed by atoms with Crippen LogP contribution in [0.4, 0.5) is 17.6 Å². The van der Waals surface area contributed by atoms with Crippen LogP contribution in [0.15, 0.2) is 52.3 Å². The molecule has 0 aromatic heterocycles. The SMILES string of the molecule is CC(F)(F)Oc1cccc(S(=O)(=O)C2(C)CCC(NC(=O)c3ccc(C(C)(F)F)cc3S(C)(=O)=O)CC2)c1. The zero-order chi connectivity index (χ0) is 28.7. The summed E-state index contributed by atoms with van der Waals surface area (Å²) in [6, 6.07) is 7.17. The Morgan fingerprint density at radius 3 is 2.13 bits per heavy atom. The molecule has 1 saturated carbocycles. The summed E-state index contributed by atoms with van der Waals surface area (Å²) in [7, 11) is -7.99. The van der Waals surface area contributed by atoms with Gasteiger partial charge in [-0.25, -0.2) is 25.6 Å². The molecule has 0 spiro atoms. The molecule has 13 heteroatoms. The Morgan fingerprint density at radius 2 is 1.61 bits per heavy atom. The molecule has 3 rings (SSSR count). The number of halogens is 4. The molecule has 2 aromatic carbocycles. The van der Waals surface area contributed by atoms with Crippen LogP contribution in [0.3, 0.4) is 0 Å². The van der Waals surface area contributed by atoms with Gasteiger partial charge in [-0.2, -0.15) is 8.78 Å².